The maximum absolute atomic E-state index is 10.6. The fourth-order valence-corrected chi connectivity index (χ4v) is 3.33. The summed E-state index contributed by atoms with van der Waals surface area (Å²) >= 11 is 6.18. The Morgan fingerprint density at radius 2 is 1.95 bits per heavy atom. The number of ether oxygens (including phenoxy) is 2. The van der Waals surface area contributed by atoms with E-state index in [1.165, 1.54) is 5.56 Å². The minimum atomic E-state index is -0.526. The molecular formula is C17H15ClO3. The summed E-state index contributed by atoms with van der Waals surface area (Å²) in [5, 5.41) is 11.1. The van der Waals surface area contributed by atoms with Gasteiger partial charge < -0.3 is 14.6 Å². The Bertz CT molecular complexity index is 671. The third kappa shape index (κ3) is 2.27. The van der Waals surface area contributed by atoms with Crippen molar-refractivity contribution in [3.05, 3.63) is 58.6 Å². The number of benzene rings is 2. The third-order valence-electron chi connectivity index (χ3n) is 4.26. The third-order valence-corrected chi connectivity index (χ3v) is 4.54. The molecule has 0 saturated heterocycles. The molecular weight excluding hydrogens is 288 g/mol. The zero-order valence-corrected chi connectivity index (χ0v) is 12.1. The van der Waals surface area contributed by atoms with E-state index in [9.17, 15) is 5.11 Å². The molecule has 1 saturated carbocycles. The van der Waals surface area contributed by atoms with Crippen LogP contribution in [0.4, 0.5) is 0 Å². The summed E-state index contributed by atoms with van der Waals surface area (Å²) in [7, 11) is 0. The van der Waals surface area contributed by atoms with Crippen LogP contribution < -0.4 is 9.47 Å². The molecule has 0 radical (unpaired) electrons. The van der Waals surface area contributed by atoms with Crippen LogP contribution in [0, 0.1) is 5.92 Å². The Morgan fingerprint density at radius 3 is 2.76 bits per heavy atom. The largest absolute Gasteiger partial charge is 0.454 e. The van der Waals surface area contributed by atoms with Crippen LogP contribution in [-0.2, 0) is 0 Å². The first-order valence-electron chi connectivity index (χ1n) is 7.06. The van der Waals surface area contributed by atoms with Crippen molar-refractivity contribution in [1.82, 2.24) is 0 Å². The van der Waals surface area contributed by atoms with E-state index in [-0.39, 0.29) is 12.7 Å². The molecule has 0 amide bonds. The maximum atomic E-state index is 10.6. The second-order valence-electron chi connectivity index (χ2n) is 5.60. The molecule has 1 heterocycles. The number of halogens is 1. The van der Waals surface area contributed by atoms with E-state index in [1.807, 2.05) is 24.3 Å². The van der Waals surface area contributed by atoms with Crippen LogP contribution in [0.15, 0.2) is 42.5 Å². The first-order chi connectivity index (χ1) is 10.2. The molecule has 0 spiro atoms. The summed E-state index contributed by atoms with van der Waals surface area (Å²) in [4.78, 5) is 0. The molecule has 2 aromatic carbocycles. The van der Waals surface area contributed by atoms with Crippen LogP contribution in [0.2, 0.25) is 5.02 Å². The van der Waals surface area contributed by atoms with Crippen LogP contribution >= 0.6 is 11.6 Å². The van der Waals surface area contributed by atoms with Gasteiger partial charge in [-0.2, -0.15) is 0 Å². The summed E-state index contributed by atoms with van der Waals surface area (Å²) in [6.45, 7) is 0.185. The molecule has 1 N–H and O–H groups in total. The predicted molar refractivity (Wildman–Crippen MR) is 79.8 cm³/mol. The highest BCUT2D eigenvalue weighted by Crippen LogP contribution is 2.55. The van der Waals surface area contributed by atoms with Crippen LogP contribution in [0.5, 0.6) is 11.5 Å². The van der Waals surface area contributed by atoms with Gasteiger partial charge in [-0.05, 0) is 41.5 Å². The number of rotatable bonds is 3. The quantitative estimate of drug-likeness (QED) is 0.934. The topological polar surface area (TPSA) is 38.7 Å². The fourth-order valence-electron chi connectivity index (χ4n) is 3.05. The molecule has 0 aromatic heterocycles. The van der Waals surface area contributed by atoms with Crippen molar-refractivity contribution >= 4 is 11.6 Å². The Labute approximate surface area is 128 Å². The van der Waals surface area contributed by atoms with E-state index < -0.39 is 6.10 Å². The van der Waals surface area contributed by atoms with Gasteiger partial charge in [0.25, 0.3) is 0 Å². The molecule has 3 unspecified atom stereocenters. The molecule has 4 rings (SSSR count). The zero-order valence-electron chi connectivity index (χ0n) is 11.3. The van der Waals surface area contributed by atoms with Gasteiger partial charge in [-0.25, -0.2) is 0 Å². The average Bonchev–Trinajstić information content (AvgIpc) is 3.17. The lowest BCUT2D eigenvalue weighted by Crippen LogP contribution is -2.01. The number of aliphatic hydroxyl groups is 1. The molecule has 1 aliphatic carbocycles. The Kier molecular flexibility index (Phi) is 3.05. The van der Waals surface area contributed by atoms with Crippen LogP contribution in [0.25, 0.3) is 0 Å². The SMILES string of the molecule is OC(c1cc(Cl)c2c(c1)OCO2)C1CC1c1ccccc1. The molecule has 21 heavy (non-hydrogen) atoms. The second-order valence-corrected chi connectivity index (χ2v) is 6.01. The summed E-state index contributed by atoms with van der Waals surface area (Å²) in [5.41, 5.74) is 2.08. The van der Waals surface area contributed by atoms with Crippen molar-refractivity contribution in [3.63, 3.8) is 0 Å². The van der Waals surface area contributed by atoms with Crippen LogP contribution in [0.3, 0.4) is 0 Å². The lowest BCUT2D eigenvalue weighted by molar-refractivity contribution is 0.150. The normalized spacial score (nSPS) is 23.9. The zero-order chi connectivity index (χ0) is 14.4. The van der Waals surface area contributed by atoms with E-state index in [0.29, 0.717) is 22.4 Å². The van der Waals surface area contributed by atoms with Crippen molar-refractivity contribution in [1.29, 1.82) is 0 Å². The smallest absolute Gasteiger partial charge is 0.231 e. The van der Waals surface area contributed by atoms with Gasteiger partial charge >= 0.3 is 0 Å². The van der Waals surface area contributed by atoms with Crippen molar-refractivity contribution < 1.29 is 14.6 Å². The first-order valence-corrected chi connectivity index (χ1v) is 7.44. The standard InChI is InChI=1S/C17H15ClO3/c18-14-6-11(7-15-17(14)21-9-20-15)16(19)13-8-12(13)10-4-2-1-3-5-10/h1-7,12-13,16,19H,8-9H2. The predicted octanol–water partition coefficient (Wildman–Crippen LogP) is 3.91. The van der Waals surface area contributed by atoms with Crippen molar-refractivity contribution in [2.24, 2.45) is 5.92 Å². The van der Waals surface area contributed by atoms with E-state index in [1.54, 1.807) is 6.07 Å². The van der Waals surface area contributed by atoms with Gasteiger partial charge in [0, 0.05) is 0 Å². The molecule has 3 nitrogen and oxygen atoms in total. The Morgan fingerprint density at radius 1 is 1.14 bits per heavy atom. The highest BCUT2D eigenvalue weighted by molar-refractivity contribution is 6.32. The van der Waals surface area contributed by atoms with Gasteiger partial charge in [-0.15, -0.1) is 0 Å². The minimum Gasteiger partial charge on any atom is -0.454 e. The second kappa shape index (κ2) is 4.93. The molecule has 108 valence electrons. The molecule has 2 aromatic rings. The van der Waals surface area contributed by atoms with Gasteiger partial charge in [0.05, 0.1) is 11.1 Å². The van der Waals surface area contributed by atoms with Crippen molar-refractivity contribution in [3.8, 4) is 11.5 Å². The maximum Gasteiger partial charge on any atom is 0.231 e. The van der Waals surface area contributed by atoms with Gasteiger partial charge in [0.1, 0.15) is 0 Å². The van der Waals surface area contributed by atoms with Crippen molar-refractivity contribution in [2.45, 2.75) is 18.4 Å². The molecule has 2 aliphatic rings. The van der Waals surface area contributed by atoms with Crippen LogP contribution in [-0.4, -0.2) is 11.9 Å². The number of hydrogen-bond acceptors (Lipinski definition) is 3. The Hall–Kier alpha value is -1.71. The molecule has 0 bridgehead atoms. The van der Waals surface area contributed by atoms with E-state index in [4.69, 9.17) is 21.1 Å². The highest BCUT2D eigenvalue weighted by Gasteiger charge is 2.44. The number of aliphatic hydroxyl groups excluding tert-OH is 1. The van der Waals surface area contributed by atoms with E-state index in [2.05, 4.69) is 12.1 Å². The molecule has 3 atom stereocenters. The number of fused-ring (bicyclic) bond motifs is 1. The first kappa shape index (κ1) is 13.0. The molecule has 1 aliphatic heterocycles. The van der Waals surface area contributed by atoms with E-state index in [0.717, 1.165) is 12.0 Å². The minimum absolute atomic E-state index is 0.185. The summed E-state index contributed by atoms with van der Waals surface area (Å²) in [6, 6.07) is 13.9. The van der Waals surface area contributed by atoms with E-state index >= 15 is 0 Å². The van der Waals surface area contributed by atoms with Gasteiger partial charge in [0.2, 0.25) is 6.79 Å². The van der Waals surface area contributed by atoms with Gasteiger partial charge in [0.15, 0.2) is 11.5 Å². The summed E-state index contributed by atoms with van der Waals surface area (Å²) < 4.78 is 10.7. The lowest BCUT2D eigenvalue weighted by Gasteiger charge is -2.12. The van der Waals surface area contributed by atoms with Gasteiger partial charge in [-0.3, -0.25) is 0 Å². The van der Waals surface area contributed by atoms with Crippen LogP contribution in [0.1, 0.15) is 29.6 Å². The average molecular weight is 303 g/mol. The summed E-state index contributed by atoms with van der Waals surface area (Å²) in [5.74, 6) is 1.85. The Balaban J connectivity index is 1.57. The van der Waals surface area contributed by atoms with Crippen molar-refractivity contribution in [2.75, 3.05) is 6.79 Å². The highest BCUT2D eigenvalue weighted by atomic mass is 35.5. The monoisotopic (exact) mass is 302 g/mol. The summed E-state index contributed by atoms with van der Waals surface area (Å²) in [6.07, 6.45) is 0.472. The van der Waals surface area contributed by atoms with Gasteiger partial charge in [-0.1, -0.05) is 41.9 Å². The number of hydrogen-bond donors (Lipinski definition) is 1. The fraction of sp³-hybridized carbons (Fsp3) is 0.294. The molecule has 4 heteroatoms. The molecule has 1 fully saturated rings. The lowest BCUT2D eigenvalue weighted by atomic mass is 10.0.